The number of aliphatic hydroxyl groups is 1. The van der Waals surface area contributed by atoms with Gasteiger partial charge in [0.15, 0.2) is 16.6 Å². The fraction of sp³-hybridized carbons (Fsp3) is 0.968. The first-order valence-electron chi connectivity index (χ1n) is 15.2. The van der Waals surface area contributed by atoms with Crippen LogP contribution in [0.4, 0.5) is 0 Å². The van der Waals surface area contributed by atoms with Crippen molar-refractivity contribution in [1.82, 2.24) is 0 Å². The molecule has 1 N–H and O–H groups in total. The van der Waals surface area contributed by atoms with Gasteiger partial charge in [-0.3, -0.25) is 4.79 Å². The third kappa shape index (κ3) is 5.89. The number of hydrogen-bond donors (Lipinski definition) is 1. The summed E-state index contributed by atoms with van der Waals surface area (Å²) in [6.07, 6.45) is 7.23. The molecule has 7 atom stereocenters. The van der Waals surface area contributed by atoms with Crippen LogP contribution in [0.3, 0.4) is 0 Å². The number of carbonyl (C=O) groups excluding carboxylic acids is 1. The zero-order valence-electron chi connectivity index (χ0n) is 26.4. The minimum absolute atomic E-state index is 0.0933. The van der Waals surface area contributed by atoms with Crippen LogP contribution in [0.15, 0.2) is 0 Å². The molecule has 0 heterocycles. The average Bonchev–Trinajstić information content (AvgIpc) is 3.06. The van der Waals surface area contributed by atoms with Crippen molar-refractivity contribution >= 4 is 22.4 Å². The largest absolute Gasteiger partial charge is 0.417 e. The molecule has 0 saturated heterocycles. The van der Waals surface area contributed by atoms with Crippen molar-refractivity contribution in [2.75, 3.05) is 13.2 Å². The molecule has 4 nitrogen and oxygen atoms in total. The summed E-state index contributed by atoms with van der Waals surface area (Å²) in [7, 11) is -3.76. The average molecular weight is 553 g/mol. The van der Waals surface area contributed by atoms with Crippen molar-refractivity contribution in [2.45, 2.75) is 143 Å². The molecule has 3 aliphatic carbocycles. The molecule has 3 fully saturated rings. The molecule has 0 aromatic carbocycles. The summed E-state index contributed by atoms with van der Waals surface area (Å²) in [4.78, 5) is 12.9. The predicted octanol–water partition coefficient (Wildman–Crippen LogP) is 8.21. The maximum atomic E-state index is 12.9. The van der Waals surface area contributed by atoms with E-state index in [-0.39, 0.29) is 39.5 Å². The first-order chi connectivity index (χ1) is 16.7. The molecule has 216 valence electrons. The summed E-state index contributed by atoms with van der Waals surface area (Å²) in [6, 6.07) is 0. The lowest BCUT2D eigenvalue weighted by Gasteiger charge is -2.57. The minimum atomic E-state index is -1.89. The second-order valence-electron chi connectivity index (χ2n) is 16.5. The van der Waals surface area contributed by atoms with Crippen molar-refractivity contribution in [3.05, 3.63) is 0 Å². The third-order valence-electron chi connectivity index (χ3n) is 12.4. The van der Waals surface area contributed by atoms with Crippen LogP contribution in [-0.2, 0) is 13.6 Å². The van der Waals surface area contributed by atoms with Crippen molar-refractivity contribution in [2.24, 2.45) is 34.5 Å². The molecule has 0 amide bonds. The number of hydrogen-bond acceptors (Lipinski definition) is 4. The molecule has 3 saturated carbocycles. The molecule has 37 heavy (non-hydrogen) atoms. The lowest BCUT2D eigenvalue weighted by Crippen LogP contribution is -2.55. The summed E-state index contributed by atoms with van der Waals surface area (Å²) in [6.45, 7) is 29.1. The van der Waals surface area contributed by atoms with Gasteiger partial charge in [0, 0.05) is 31.2 Å². The molecule has 0 aromatic heterocycles. The first kappa shape index (κ1) is 31.5. The number of Topliss-reactive ketones (excluding diaryl/α,β-unsaturated/α-hetero) is 1. The fourth-order valence-corrected chi connectivity index (χ4v) is 9.94. The van der Waals surface area contributed by atoms with E-state index in [1.54, 1.807) is 0 Å². The summed E-state index contributed by atoms with van der Waals surface area (Å²) < 4.78 is 13.9. The first-order valence-corrected chi connectivity index (χ1v) is 21.0. The summed E-state index contributed by atoms with van der Waals surface area (Å²) in [5.74, 6) is 1.81. The molecule has 6 heteroatoms. The van der Waals surface area contributed by atoms with Crippen LogP contribution < -0.4 is 0 Å². The molecule has 0 spiro atoms. The molecule has 0 aromatic rings. The lowest BCUT2D eigenvalue weighted by molar-refractivity contribution is -0.137. The summed E-state index contributed by atoms with van der Waals surface area (Å²) in [5.41, 5.74) is -0.133. The van der Waals surface area contributed by atoms with E-state index in [4.69, 9.17) is 8.85 Å². The molecular formula is C31H60O4Si2. The quantitative estimate of drug-likeness (QED) is 0.323. The number of aliphatic hydroxyl groups excluding tert-OH is 1. The van der Waals surface area contributed by atoms with Gasteiger partial charge in [-0.2, -0.15) is 0 Å². The monoisotopic (exact) mass is 552 g/mol. The highest BCUT2D eigenvalue weighted by Crippen LogP contribution is 2.61. The molecule has 0 radical (unpaired) electrons. The smallest absolute Gasteiger partial charge is 0.192 e. The highest BCUT2D eigenvalue weighted by molar-refractivity contribution is 6.74. The van der Waals surface area contributed by atoms with Gasteiger partial charge in [0.2, 0.25) is 0 Å². The highest BCUT2D eigenvalue weighted by atomic mass is 28.4. The lowest BCUT2D eigenvalue weighted by atomic mass is 9.49. The molecule has 0 bridgehead atoms. The Kier molecular flexibility index (Phi) is 8.88. The van der Waals surface area contributed by atoms with E-state index < -0.39 is 16.6 Å². The Morgan fingerprint density at radius 3 is 2.03 bits per heavy atom. The van der Waals surface area contributed by atoms with E-state index in [1.807, 2.05) is 0 Å². The number of ketones is 1. The van der Waals surface area contributed by atoms with Gasteiger partial charge in [0.05, 0.1) is 0 Å². The Hall–Kier alpha value is -0.0162. The Labute approximate surface area is 231 Å². The van der Waals surface area contributed by atoms with Crippen molar-refractivity contribution in [1.29, 1.82) is 0 Å². The summed E-state index contributed by atoms with van der Waals surface area (Å²) >= 11 is 0. The predicted molar refractivity (Wildman–Crippen MR) is 160 cm³/mol. The van der Waals surface area contributed by atoms with Crippen LogP contribution >= 0.6 is 0 Å². The Balaban J connectivity index is 1.90. The van der Waals surface area contributed by atoms with E-state index in [2.05, 4.69) is 81.6 Å². The molecule has 3 aliphatic rings. The van der Waals surface area contributed by atoms with Gasteiger partial charge in [-0.05, 0) is 104 Å². The van der Waals surface area contributed by atoms with Crippen molar-refractivity contribution in [3.63, 3.8) is 0 Å². The zero-order valence-corrected chi connectivity index (χ0v) is 28.4. The van der Waals surface area contributed by atoms with E-state index in [9.17, 15) is 9.90 Å². The zero-order chi connectivity index (χ0) is 28.2. The normalized spacial score (nSPS) is 38.1. The number of rotatable bonds is 7. The van der Waals surface area contributed by atoms with Gasteiger partial charge < -0.3 is 14.0 Å². The topological polar surface area (TPSA) is 55.8 Å². The highest BCUT2D eigenvalue weighted by Gasteiger charge is 2.59. The Bertz CT molecular complexity index is 826. The second kappa shape index (κ2) is 10.4. The van der Waals surface area contributed by atoms with Crippen LogP contribution in [0, 0.1) is 34.5 Å². The van der Waals surface area contributed by atoms with Gasteiger partial charge in [0.1, 0.15) is 5.78 Å². The van der Waals surface area contributed by atoms with E-state index in [0.717, 1.165) is 45.1 Å². The number of fused-ring (bicyclic) bond motifs is 1. The minimum Gasteiger partial charge on any atom is -0.417 e. The second-order valence-corrected chi connectivity index (χ2v) is 26.1. The fourth-order valence-electron chi connectivity index (χ4n) is 7.48. The Morgan fingerprint density at radius 2 is 1.49 bits per heavy atom. The van der Waals surface area contributed by atoms with Crippen molar-refractivity contribution < 1.29 is 18.8 Å². The van der Waals surface area contributed by atoms with Gasteiger partial charge in [0.25, 0.3) is 0 Å². The van der Waals surface area contributed by atoms with Gasteiger partial charge >= 0.3 is 0 Å². The SMILES string of the molecule is CC(C)(C)[Si](C)(C)OC[C@H]1C[C@@H](O[Si](C)(C)C(C)(C)C)CC[C@@]1(C)[C@H]1CC[C@]2(C)C(=O)CC[C@H]2[C@@H]1CO. The van der Waals surface area contributed by atoms with Gasteiger partial charge in [-0.25, -0.2) is 0 Å². The molecule has 0 aliphatic heterocycles. The maximum Gasteiger partial charge on any atom is 0.192 e. The Morgan fingerprint density at radius 1 is 0.892 bits per heavy atom. The van der Waals surface area contributed by atoms with E-state index in [1.165, 1.54) is 0 Å². The van der Waals surface area contributed by atoms with Gasteiger partial charge in [-0.1, -0.05) is 55.4 Å². The number of carbonyl (C=O) groups is 1. The van der Waals surface area contributed by atoms with Crippen LogP contribution in [-0.4, -0.2) is 46.8 Å². The molecule has 0 unspecified atom stereocenters. The van der Waals surface area contributed by atoms with Crippen LogP contribution in [0.2, 0.25) is 36.3 Å². The van der Waals surface area contributed by atoms with E-state index in [0.29, 0.717) is 30.0 Å². The van der Waals surface area contributed by atoms with Crippen LogP contribution in [0.5, 0.6) is 0 Å². The molecule has 3 rings (SSSR count). The van der Waals surface area contributed by atoms with Crippen molar-refractivity contribution in [3.8, 4) is 0 Å². The van der Waals surface area contributed by atoms with Crippen LogP contribution in [0.25, 0.3) is 0 Å². The standard InChI is InChI=1S/C31H60O4Si2/c1-28(2,3)36(9,10)34-21-22-19-23(35-37(11,12)29(4,5)6)15-17-30(22,7)26-16-18-31(8)25(24(26)20-32)13-14-27(31)33/h22-26,32H,13-21H2,1-12H3/t22-,23+,24+,25+,26+,30-,31+/m1/s1. The maximum absolute atomic E-state index is 12.9. The third-order valence-corrected chi connectivity index (χ3v) is 21.4. The summed E-state index contributed by atoms with van der Waals surface area (Å²) in [5, 5.41) is 11.1. The molecular weight excluding hydrogens is 493 g/mol. The van der Waals surface area contributed by atoms with E-state index >= 15 is 0 Å². The van der Waals surface area contributed by atoms with Gasteiger partial charge in [-0.15, -0.1) is 0 Å². The van der Waals surface area contributed by atoms with Crippen LogP contribution in [0.1, 0.15) is 100 Å².